The number of hydrogen-bond acceptors (Lipinski definition) is 17. The van der Waals surface area contributed by atoms with Crippen LogP contribution in [-0.2, 0) is 19.1 Å². The van der Waals surface area contributed by atoms with Crippen LogP contribution in [0.1, 0.15) is 0 Å². The number of carboxylic acids is 2. The summed E-state index contributed by atoms with van der Waals surface area (Å²) in [5.41, 5.74) is -1.64. The van der Waals surface area contributed by atoms with Crippen molar-refractivity contribution in [3.05, 3.63) is 40.6 Å². The van der Waals surface area contributed by atoms with E-state index in [9.17, 15) is 70.6 Å². The maximum absolute atomic E-state index is 13.0. The summed E-state index contributed by atoms with van der Waals surface area (Å²) in [6, 6.07) is 4.78. The van der Waals surface area contributed by atoms with Crippen molar-refractivity contribution in [1.29, 1.82) is 0 Å². The molecule has 1 aromatic heterocycles. The Hall–Kier alpha value is -4.73. The van der Waals surface area contributed by atoms with Crippen molar-refractivity contribution in [2.24, 2.45) is 0 Å². The van der Waals surface area contributed by atoms with Crippen molar-refractivity contribution in [2.45, 2.75) is 61.4 Å². The topological polar surface area (TPSA) is 324 Å². The Labute approximate surface area is 254 Å². The lowest BCUT2D eigenvalue weighted by molar-refractivity contribution is -0.271. The molecule has 2 saturated heterocycles. The van der Waals surface area contributed by atoms with Crippen LogP contribution >= 0.6 is 0 Å². The van der Waals surface area contributed by atoms with Crippen molar-refractivity contribution in [1.82, 2.24) is 0 Å². The van der Waals surface area contributed by atoms with E-state index in [0.717, 1.165) is 18.2 Å². The molecule has 0 saturated carbocycles. The highest BCUT2D eigenvalue weighted by molar-refractivity contribution is 5.91. The predicted molar refractivity (Wildman–Crippen MR) is 143 cm³/mol. The number of aliphatic hydroxyl groups is 6. The second kappa shape index (κ2) is 12.2. The molecular formula is C27H26O19. The Bertz CT molecular complexity index is 1720. The van der Waals surface area contributed by atoms with Gasteiger partial charge in [0.2, 0.25) is 18.3 Å². The van der Waals surface area contributed by atoms with Gasteiger partial charge in [0.1, 0.15) is 53.5 Å². The molecule has 0 radical (unpaired) electrons. The standard InChI is InChI=1S/C27H26O19/c28-7-3-6(1-2-11(7)43-26-18(36)14(32)16(34)22(45-26)24(38)39)12-5-9(30)13-8(29)4-10(31)20(21(13)42-12)44-27-19(37)15(33)17(35)23(46-27)25(40)41/h1-5,14-19,22-23,26-29,31-37H,(H,38,39)(H,40,41)/t14-,15-,16+,17+,18-,19-,22+,23+,26-,27-/m0/s1. The van der Waals surface area contributed by atoms with Crippen LogP contribution in [-0.4, -0.2) is 130 Å². The number of phenols is 3. The van der Waals surface area contributed by atoms with Gasteiger partial charge in [-0.15, -0.1) is 0 Å². The van der Waals surface area contributed by atoms with Crippen LogP contribution in [0.2, 0.25) is 0 Å². The van der Waals surface area contributed by atoms with Gasteiger partial charge < -0.3 is 79.5 Å². The average Bonchev–Trinajstić information content (AvgIpc) is 2.99. The van der Waals surface area contributed by atoms with Gasteiger partial charge in [0.05, 0.1) is 0 Å². The molecule has 248 valence electrons. The Morgan fingerprint density at radius 3 is 1.72 bits per heavy atom. The summed E-state index contributed by atoms with van der Waals surface area (Å²) in [4.78, 5) is 35.8. The van der Waals surface area contributed by atoms with E-state index in [-0.39, 0.29) is 11.3 Å². The lowest BCUT2D eigenvalue weighted by Gasteiger charge is -2.38. The zero-order valence-corrected chi connectivity index (χ0v) is 22.8. The molecule has 19 heteroatoms. The van der Waals surface area contributed by atoms with Crippen LogP contribution in [0.25, 0.3) is 22.3 Å². The van der Waals surface area contributed by atoms with Gasteiger partial charge in [-0.05, 0) is 18.2 Å². The van der Waals surface area contributed by atoms with E-state index in [1.807, 2.05) is 0 Å². The molecule has 2 aromatic carbocycles. The summed E-state index contributed by atoms with van der Waals surface area (Å²) < 4.78 is 26.5. The summed E-state index contributed by atoms with van der Waals surface area (Å²) in [7, 11) is 0. The summed E-state index contributed by atoms with van der Waals surface area (Å²) in [6.07, 6.45) is -20.1. The van der Waals surface area contributed by atoms with Crippen LogP contribution < -0.4 is 14.9 Å². The molecule has 3 aromatic rings. The largest absolute Gasteiger partial charge is 0.507 e. The third kappa shape index (κ3) is 5.72. The van der Waals surface area contributed by atoms with E-state index >= 15 is 0 Å². The fourth-order valence-corrected chi connectivity index (χ4v) is 4.85. The Morgan fingerprint density at radius 2 is 1.20 bits per heavy atom. The number of hydrogen-bond donors (Lipinski definition) is 11. The first-order valence-electron chi connectivity index (χ1n) is 13.1. The summed E-state index contributed by atoms with van der Waals surface area (Å²) in [5, 5.41) is 110. The van der Waals surface area contributed by atoms with Gasteiger partial charge in [-0.3, -0.25) is 4.79 Å². The molecule has 19 nitrogen and oxygen atoms in total. The van der Waals surface area contributed by atoms with E-state index in [2.05, 4.69) is 0 Å². The Kier molecular flexibility index (Phi) is 8.68. The number of aliphatic carboxylic acids is 2. The number of aromatic hydroxyl groups is 3. The zero-order valence-electron chi connectivity index (χ0n) is 22.8. The first-order valence-corrected chi connectivity index (χ1v) is 13.1. The van der Waals surface area contributed by atoms with Crippen LogP contribution in [0.3, 0.4) is 0 Å². The number of carboxylic acid groups (broad SMARTS) is 2. The van der Waals surface area contributed by atoms with E-state index in [0.29, 0.717) is 6.07 Å². The van der Waals surface area contributed by atoms with E-state index < -0.39 is 118 Å². The minimum absolute atomic E-state index is 0.0555. The minimum atomic E-state index is -2.08. The van der Waals surface area contributed by atoms with E-state index in [1.54, 1.807) is 0 Å². The summed E-state index contributed by atoms with van der Waals surface area (Å²) in [5.74, 6) is -7.27. The molecule has 0 unspecified atom stereocenters. The molecule has 0 amide bonds. The molecule has 3 heterocycles. The molecule has 0 aliphatic carbocycles. The highest BCUT2D eigenvalue weighted by atomic mass is 16.7. The van der Waals surface area contributed by atoms with Gasteiger partial charge in [-0.1, -0.05) is 0 Å². The smallest absolute Gasteiger partial charge is 0.335 e. The zero-order chi connectivity index (χ0) is 33.8. The number of fused-ring (bicyclic) bond motifs is 1. The second-order valence-electron chi connectivity index (χ2n) is 10.3. The molecular weight excluding hydrogens is 628 g/mol. The van der Waals surface area contributed by atoms with Crippen molar-refractivity contribution < 1.29 is 89.1 Å². The Balaban J connectivity index is 1.49. The fourth-order valence-electron chi connectivity index (χ4n) is 4.85. The lowest BCUT2D eigenvalue weighted by atomic mass is 9.99. The lowest BCUT2D eigenvalue weighted by Crippen LogP contribution is -2.61. The maximum Gasteiger partial charge on any atom is 0.335 e. The average molecular weight is 654 g/mol. The molecule has 2 fully saturated rings. The Morgan fingerprint density at radius 1 is 0.652 bits per heavy atom. The highest BCUT2D eigenvalue weighted by Crippen LogP contribution is 2.43. The molecule has 0 bridgehead atoms. The maximum atomic E-state index is 13.0. The minimum Gasteiger partial charge on any atom is -0.507 e. The van der Waals surface area contributed by atoms with Crippen molar-refractivity contribution in [3.8, 4) is 40.1 Å². The van der Waals surface area contributed by atoms with Gasteiger partial charge in [-0.2, -0.15) is 0 Å². The van der Waals surface area contributed by atoms with Crippen molar-refractivity contribution in [3.63, 3.8) is 0 Å². The fraction of sp³-hybridized carbons (Fsp3) is 0.370. The molecule has 2 aliphatic heterocycles. The van der Waals surface area contributed by atoms with E-state index in [4.69, 9.17) is 23.4 Å². The molecule has 5 rings (SSSR count). The number of rotatable bonds is 7. The first-order chi connectivity index (χ1) is 21.6. The SMILES string of the molecule is O=C(O)[C@@H]1O[C@H](Oc2ccc(-c3cc(=O)c4c(O)cc(O)c(O[C@H]5O[C@@H](C(=O)O)[C@H](O)[C@H](O)[C@@H]5O)c4o3)cc2O)[C@@H](O)[C@@H](O)[C@H]1O. The number of aliphatic hydroxyl groups excluding tert-OH is 6. The molecule has 11 N–H and O–H groups in total. The number of phenolic OH excluding ortho intramolecular Hbond substituents is 3. The molecule has 10 atom stereocenters. The highest BCUT2D eigenvalue weighted by Gasteiger charge is 2.49. The van der Waals surface area contributed by atoms with Gasteiger partial charge in [0, 0.05) is 17.7 Å². The van der Waals surface area contributed by atoms with Gasteiger partial charge in [-0.25, -0.2) is 9.59 Å². The van der Waals surface area contributed by atoms with E-state index in [1.165, 1.54) is 6.07 Å². The van der Waals surface area contributed by atoms with Crippen LogP contribution in [0, 0.1) is 0 Å². The van der Waals surface area contributed by atoms with Crippen LogP contribution in [0.15, 0.2) is 39.5 Å². The molecule has 46 heavy (non-hydrogen) atoms. The monoisotopic (exact) mass is 654 g/mol. The summed E-state index contributed by atoms with van der Waals surface area (Å²) >= 11 is 0. The first kappa shape index (κ1) is 32.7. The van der Waals surface area contributed by atoms with Crippen molar-refractivity contribution >= 4 is 22.9 Å². The van der Waals surface area contributed by atoms with Gasteiger partial charge in [0.25, 0.3) is 0 Å². The number of ether oxygens (including phenoxy) is 4. The predicted octanol–water partition coefficient (Wildman–Crippen LogP) is -2.88. The summed E-state index contributed by atoms with van der Waals surface area (Å²) in [6.45, 7) is 0. The number of benzene rings is 2. The second-order valence-corrected chi connectivity index (χ2v) is 10.3. The van der Waals surface area contributed by atoms with Crippen LogP contribution in [0.5, 0.6) is 28.7 Å². The normalized spacial score (nSPS) is 31.3. The van der Waals surface area contributed by atoms with Crippen molar-refractivity contribution in [2.75, 3.05) is 0 Å². The molecule has 0 spiro atoms. The third-order valence-corrected chi connectivity index (χ3v) is 7.26. The quantitative estimate of drug-likeness (QED) is 0.122. The number of carbonyl (C=O) groups is 2. The van der Waals surface area contributed by atoms with Crippen LogP contribution in [0.4, 0.5) is 0 Å². The molecule has 2 aliphatic rings. The third-order valence-electron chi connectivity index (χ3n) is 7.26. The van der Waals surface area contributed by atoms with Gasteiger partial charge >= 0.3 is 11.9 Å². The van der Waals surface area contributed by atoms with Gasteiger partial charge in [0.15, 0.2) is 40.5 Å².